The second-order valence-corrected chi connectivity index (χ2v) is 8.93. The van der Waals surface area contributed by atoms with Crippen LogP contribution in [0.4, 0.5) is 9.52 Å². The molecule has 2 aromatic heterocycles. The van der Waals surface area contributed by atoms with Crippen LogP contribution >= 0.6 is 11.3 Å². The lowest BCUT2D eigenvalue weighted by Crippen LogP contribution is -2.29. The first-order valence-electron chi connectivity index (χ1n) is 10.6. The van der Waals surface area contributed by atoms with E-state index < -0.39 is 23.2 Å². The molecule has 0 bridgehead atoms. The molecule has 7 nitrogen and oxygen atoms in total. The number of carbonyl (C=O) groups excluding carboxylic acids is 1. The van der Waals surface area contributed by atoms with Crippen LogP contribution in [0.25, 0.3) is 11.0 Å². The fraction of sp³-hybridized carbons (Fsp3) is 0.250. The molecule has 0 spiro atoms. The zero-order valence-corrected chi connectivity index (χ0v) is 18.8. The van der Waals surface area contributed by atoms with Gasteiger partial charge in [-0.1, -0.05) is 36.8 Å². The van der Waals surface area contributed by atoms with Crippen molar-refractivity contribution in [2.45, 2.75) is 32.7 Å². The van der Waals surface area contributed by atoms with Gasteiger partial charge in [-0.05, 0) is 49.2 Å². The first-order valence-corrected chi connectivity index (χ1v) is 11.4. The Labute approximate surface area is 192 Å². The lowest BCUT2D eigenvalue weighted by atomic mass is 9.98. The molecule has 1 atom stereocenters. The van der Waals surface area contributed by atoms with E-state index in [0.717, 1.165) is 18.9 Å². The second-order valence-electron chi connectivity index (χ2n) is 7.77. The summed E-state index contributed by atoms with van der Waals surface area (Å²) in [7, 11) is 0. The van der Waals surface area contributed by atoms with Gasteiger partial charge in [-0.25, -0.2) is 4.39 Å². The standard InChI is InChI=1S/C24H20FN3O4S/c1-3-4-10-31-16-7-5-6-14(11-16)20-19-21(29)17-12-15(25)8-9-18(17)32-22(19)23(30)28(20)24-27-26-13(2)33-24/h5-9,11-12,20H,3-4,10H2,1-2H3. The number of nitrogens with zero attached hydrogens (tertiary/aromatic N) is 3. The van der Waals surface area contributed by atoms with Gasteiger partial charge in [0.15, 0.2) is 5.43 Å². The zero-order chi connectivity index (χ0) is 23.1. The number of unbranched alkanes of at least 4 members (excludes halogenated alkanes) is 1. The van der Waals surface area contributed by atoms with Crippen molar-refractivity contribution in [2.24, 2.45) is 0 Å². The number of benzene rings is 2. The third kappa shape index (κ3) is 3.68. The molecule has 1 aliphatic heterocycles. The molecule has 1 unspecified atom stereocenters. The van der Waals surface area contributed by atoms with Crippen LogP contribution in [0, 0.1) is 12.7 Å². The minimum Gasteiger partial charge on any atom is -0.494 e. The summed E-state index contributed by atoms with van der Waals surface area (Å²) in [6.07, 6.45) is 1.91. The number of ether oxygens (including phenoxy) is 1. The van der Waals surface area contributed by atoms with E-state index in [1.54, 1.807) is 13.0 Å². The Hall–Kier alpha value is -3.59. The maximum atomic E-state index is 13.9. The molecule has 1 amide bonds. The van der Waals surface area contributed by atoms with Gasteiger partial charge in [-0.15, -0.1) is 10.2 Å². The monoisotopic (exact) mass is 465 g/mol. The molecule has 0 saturated heterocycles. The van der Waals surface area contributed by atoms with Crippen molar-refractivity contribution in [3.63, 3.8) is 0 Å². The van der Waals surface area contributed by atoms with E-state index >= 15 is 0 Å². The molecule has 3 heterocycles. The molecule has 0 radical (unpaired) electrons. The lowest BCUT2D eigenvalue weighted by Gasteiger charge is -2.22. The highest BCUT2D eigenvalue weighted by Gasteiger charge is 2.45. The number of hydrogen-bond acceptors (Lipinski definition) is 7. The molecule has 33 heavy (non-hydrogen) atoms. The van der Waals surface area contributed by atoms with Gasteiger partial charge >= 0.3 is 0 Å². The number of aryl methyl sites for hydroxylation is 1. The number of carbonyl (C=O) groups is 1. The van der Waals surface area contributed by atoms with Crippen LogP contribution in [-0.2, 0) is 0 Å². The molecule has 0 saturated carbocycles. The Morgan fingerprint density at radius 2 is 2.03 bits per heavy atom. The van der Waals surface area contributed by atoms with Crippen molar-refractivity contribution < 1.29 is 18.3 Å². The van der Waals surface area contributed by atoms with E-state index in [1.165, 1.54) is 28.4 Å². The fourth-order valence-corrected chi connectivity index (χ4v) is 4.66. The van der Waals surface area contributed by atoms with Gasteiger partial charge in [0.05, 0.1) is 23.6 Å². The lowest BCUT2D eigenvalue weighted by molar-refractivity contribution is 0.0970. The van der Waals surface area contributed by atoms with Gasteiger partial charge in [0.1, 0.15) is 22.2 Å². The summed E-state index contributed by atoms with van der Waals surface area (Å²) in [5, 5.41) is 9.28. The minimum atomic E-state index is -0.807. The molecule has 0 N–H and O–H groups in total. The smallest absolute Gasteiger partial charge is 0.297 e. The number of aromatic nitrogens is 2. The first-order chi connectivity index (χ1) is 16.0. The molecule has 1 aliphatic rings. The summed E-state index contributed by atoms with van der Waals surface area (Å²) >= 11 is 1.24. The number of amides is 1. The number of rotatable bonds is 6. The van der Waals surface area contributed by atoms with Crippen LogP contribution in [0.2, 0.25) is 0 Å². The van der Waals surface area contributed by atoms with Crippen molar-refractivity contribution in [1.82, 2.24) is 10.2 Å². The number of fused-ring (bicyclic) bond motifs is 2. The molecule has 2 aromatic carbocycles. The van der Waals surface area contributed by atoms with Crippen molar-refractivity contribution in [3.8, 4) is 5.75 Å². The number of hydrogen-bond donors (Lipinski definition) is 0. The maximum Gasteiger partial charge on any atom is 0.297 e. The SMILES string of the molecule is CCCCOc1cccc(C2c3c(oc4ccc(F)cc4c3=O)C(=O)N2c2nnc(C)s2)c1. The normalized spacial score (nSPS) is 15.3. The molecular formula is C24H20FN3O4S. The molecule has 0 aliphatic carbocycles. The third-order valence-electron chi connectivity index (χ3n) is 5.49. The van der Waals surface area contributed by atoms with Crippen molar-refractivity contribution >= 4 is 33.3 Å². The van der Waals surface area contributed by atoms with Crippen LogP contribution in [-0.4, -0.2) is 22.7 Å². The Kier molecular flexibility index (Phi) is 5.41. The summed E-state index contributed by atoms with van der Waals surface area (Å²) in [5.41, 5.74) is 0.507. The Morgan fingerprint density at radius 3 is 2.79 bits per heavy atom. The van der Waals surface area contributed by atoms with Gasteiger partial charge in [0.25, 0.3) is 5.91 Å². The average molecular weight is 466 g/mol. The zero-order valence-electron chi connectivity index (χ0n) is 18.0. The van der Waals surface area contributed by atoms with Gasteiger partial charge in [-0.3, -0.25) is 14.5 Å². The van der Waals surface area contributed by atoms with E-state index in [-0.39, 0.29) is 22.3 Å². The quantitative estimate of drug-likeness (QED) is 0.372. The van der Waals surface area contributed by atoms with Gasteiger partial charge in [0.2, 0.25) is 10.9 Å². The topological polar surface area (TPSA) is 85.5 Å². The Morgan fingerprint density at radius 1 is 1.18 bits per heavy atom. The number of anilines is 1. The van der Waals surface area contributed by atoms with Crippen LogP contribution in [0.5, 0.6) is 5.75 Å². The first kappa shape index (κ1) is 21.3. The van der Waals surface area contributed by atoms with Crippen LogP contribution in [0.3, 0.4) is 0 Å². The largest absolute Gasteiger partial charge is 0.494 e. The summed E-state index contributed by atoms with van der Waals surface area (Å²) in [6.45, 7) is 4.42. The summed E-state index contributed by atoms with van der Waals surface area (Å²) < 4.78 is 25.6. The fourth-order valence-electron chi connectivity index (χ4n) is 3.95. The summed E-state index contributed by atoms with van der Waals surface area (Å²) in [5.74, 6) is -0.494. The predicted octanol–water partition coefficient (Wildman–Crippen LogP) is 5.02. The maximum absolute atomic E-state index is 13.9. The molecule has 4 aromatic rings. The van der Waals surface area contributed by atoms with Crippen molar-refractivity contribution in [1.29, 1.82) is 0 Å². The van der Waals surface area contributed by atoms with Crippen LogP contribution in [0.1, 0.15) is 52.5 Å². The molecular weight excluding hydrogens is 445 g/mol. The highest BCUT2D eigenvalue weighted by Crippen LogP contribution is 2.42. The molecule has 9 heteroatoms. The third-order valence-corrected chi connectivity index (χ3v) is 6.33. The summed E-state index contributed by atoms with van der Waals surface area (Å²) in [4.78, 5) is 28.4. The molecule has 5 rings (SSSR count). The molecule has 168 valence electrons. The molecule has 0 fully saturated rings. The minimum absolute atomic E-state index is 0.0748. The van der Waals surface area contributed by atoms with Gasteiger partial charge in [-0.2, -0.15) is 0 Å². The highest BCUT2D eigenvalue weighted by molar-refractivity contribution is 7.15. The number of halogens is 1. The van der Waals surface area contributed by atoms with Crippen molar-refractivity contribution in [3.05, 3.63) is 80.4 Å². The average Bonchev–Trinajstić information content (AvgIpc) is 3.36. The Bertz CT molecular complexity index is 1430. The van der Waals surface area contributed by atoms with E-state index in [2.05, 4.69) is 17.1 Å². The Balaban J connectivity index is 1.71. The van der Waals surface area contributed by atoms with E-state index in [4.69, 9.17) is 9.15 Å². The van der Waals surface area contributed by atoms with Gasteiger partial charge < -0.3 is 9.15 Å². The summed E-state index contributed by atoms with van der Waals surface area (Å²) in [6, 6.07) is 10.1. The van der Waals surface area contributed by atoms with Crippen LogP contribution in [0.15, 0.2) is 51.7 Å². The predicted molar refractivity (Wildman–Crippen MR) is 123 cm³/mol. The van der Waals surface area contributed by atoms with E-state index in [9.17, 15) is 14.0 Å². The van der Waals surface area contributed by atoms with Crippen LogP contribution < -0.4 is 15.1 Å². The van der Waals surface area contributed by atoms with Gasteiger partial charge in [0, 0.05) is 0 Å². The highest BCUT2D eigenvalue weighted by atomic mass is 32.1. The second kappa shape index (κ2) is 8.40. The van der Waals surface area contributed by atoms with E-state index in [1.807, 2.05) is 18.2 Å². The van der Waals surface area contributed by atoms with Crippen molar-refractivity contribution in [2.75, 3.05) is 11.5 Å². The van der Waals surface area contributed by atoms with E-state index in [0.29, 0.717) is 28.1 Å².